The molecule has 0 saturated carbocycles. The van der Waals surface area contributed by atoms with Crippen molar-refractivity contribution in [1.29, 1.82) is 0 Å². The van der Waals surface area contributed by atoms with E-state index in [9.17, 15) is 4.79 Å². The zero-order chi connectivity index (χ0) is 15.7. The highest BCUT2D eigenvalue weighted by Gasteiger charge is 2.13. The third-order valence-corrected chi connectivity index (χ3v) is 3.89. The molecule has 0 aromatic heterocycles. The molecule has 0 aliphatic rings. The molecule has 0 unspecified atom stereocenters. The summed E-state index contributed by atoms with van der Waals surface area (Å²) in [5.74, 6) is 0.125. The molecule has 4 heteroatoms. The van der Waals surface area contributed by atoms with Gasteiger partial charge in [0.1, 0.15) is 0 Å². The van der Waals surface area contributed by atoms with Crippen LogP contribution in [0.1, 0.15) is 37.6 Å². The molecule has 0 radical (unpaired) electrons. The average molecular weight is 291 g/mol. The van der Waals surface area contributed by atoms with Crippen LogP contribution in [-0.2, 0) is 0 Å². The number of benzene rings is 1. The summed E-state index contributed by atoms with van der Waals surface area (Å²) in [6.45, 7) is 11.2. The van der Waals surface area contributed by atoms with Gasteiger partial charge in [-0.15, -0.1) is 0 Å². The van der Waals surface area contributed by atoms with E-state index in [1.54, 1.807) is 0 Å². The molecule has 1 rings (SSSR count). The molecule has 0 fully saturated rings. The highest BCUT2D eigenvalue weighted by molar-refractivity contribution is 5.94. The zero-order valence-electron chi connectivity index (χ0n) is 13.9. The summed E-state index contributed by atoms with van der Waals surface area (Å²) in [4.78, 5) is 16.8. The van der Waals surface area contributed by atoms with Crippen molar-refractivity contribution in [3.8, 4) is 0 Å². The number of nitrogens with one attached hydrogen (secondary N) is 1. The monoisotopic (exact) mass is 291 g/mol. The lowest BCUT2D eigenvalue weighted by Crippen LogP contribution is -2.34. The Hall–Kier alpha value is -1.55. The molecule has 0 bridgehead atoms. The maximum absolute atomic E-state index is 12.5. The van der Waals surface area contributed by atoms with E-state index in [1.807, 2.05) is 43.1 Å². The Morgan fingerprint density at radius 1 is 1.00 bits per heavy atom. The van der Waals surface area contributed by atoms with Gasteiger partial charge in [-0.1, -0.05) is 13.8 Å². The molecule has 0 spiro atoms. The van der Waals surface area contributed by atoms with Gasteiger partial charge >= 0.3 is 0 Å². The number of rotatable bonds is 9. The Morgan fingerprint density at radius 3 is 2.10 bits per heavy atom. The van der Waals surface area contributed by atoms with Gasteiger partial charge < -0.3 is 15.1 Å². The van der Waals surface area contributed by atoms with Crippen LogP contribution < -0.4 is 5.32 Å². The predicted molar refractivity (Wildman–Crippen MR) is 90.0 cm³/mol. The Kier molecular flexibility index (Phi) is 7.83. The summed E-state index contributed by atoms with van der Waals surface area (Å²) in [6, 6.07) is 7.66. The van der Waals surface area contributed by atoms with Crippen molar-refractivity contribution in [1.82, 2.24) is 9.80 Å². The van der Waals surface area contributed by atoms with Crippen LogP contribution in [0.15, 0.2) is 24.3 Å². The largest absolute Gasteiger partial charge is 0.388 e. The number of amides is 1. The summed E-state index contributed by atoms with van der Waals surface area (Å²) >= 11 is 0. The molecule has 0 heterocycles. The van der Waals surface area contributed by atoms with Crippen LogP contribution in [0.2, 0.25) is 0 Å². The Balaban J connectivity index is 2.55. The topological polar surface area (TPSA) is 35.6 Å². The maximum atomic E-state index is 12.5. The molecular weight excluding hydrogens is 262 g/mol. The van der Waals surface area contributed by atoms with E-state index in [4.69, 9.17) is 0 Å². The molecule has 1 aromatic rings. The van der Waals surface area contributed by atoms with Gasteiger partial charge in [0.15, 0.2) is 0 Å². The lowest BCUT2D eigenvalue weighted by atomic mass is 10.1. The van der Waals surface area contributed by atoms with Gasteiger partial charge in [0.25, 0.3) is 5.91 Å². The molecule has 1 aromatic carbocycles. The van der Waals surface area contributed by atoms with E-state index >= 15 is 0 Å². The molecule has 0 atom stereocenters. The lowest BCUT2D eigenvalue weighted by Gasteiger charge is -2.23. The summed E-state index contributed by atoms with van der Waals surface area (Å²) in [7, 11) is 1.88. The third kappa shape index (κ3) is 5.38. The molecule has 21 heavy (non-hydrogen) atoms. The minimum absolute atomic E-state index is 0.125. The van der Waals surface area contributed by atoms with E-state index < -0.39 is 0 Å². The summed E-state index contributed by atoms with van der Waals surface area (Å²) in [5, 5.41) is 3.07. The molecule has 1 N–H and O–H groups in total. The molecule has 1 amide bonds. The fourth-order valence-electron chi connectivity index (χ4n) is 2.39. The average Bonchev–Trinajstić information content (AvgIpc) is 2.55. The highest BCUT2D eigenvalue weighted by atomic mass is 16.2. The number of hydrogen-bond acceptors (Lipinski definition) is 3. The van der Waals surface area contributed by atoms with Gasteiger partial charge in [-0.05, 0) is 57.2 Å². The van der Waals surface area contributed by atoms with E-state index in [1.165, 1.54) is 0 Å². The van der Waals surface area contributed by atoms with Crippen molar-refractivity contribution in [3.63, 3.8) is 0 Å². The summed E-state index contributed by atoms with van der Waals surface area (Å²) in [6.07, 6.45) is 1.02. The van der Waals surface area contributed by atoms with Crippen LogP contribution in [0.25, 0.3) is 0 Å². The van der Waals surface area contributed by atoms with Gasteiger partial charge in [-0.3, -0.25) is 4.79 Å². The number of hydrogen-bond donors (Lipinski definition) is 1. The van der Waals surface area contributed by atoms with Gasteiger partial charge in [-0.2, -0.15) is 0 Å². The minimum Gasteiger partial charge on any atom is -0.388 e. The van der Waals surface area contributed by atoms with Crippen LogP contribution in [-0.4, -0.2) is 55.5 Å². The number of carbonyl (C=O) groups excluding carboxylic acids is 1. The van der Waals surface area contributed by atoms with Crippen LogP contribution in [0.4, 0.5) is 5.69 Å². The second-order valence-electron chi connectivity index (χ2n) is 5.09. The predicted octanol–water partition coefficient (Wildman–Crippen LogP) is 2.92. The number of carbonyl (C=O) groups is 1. The van der Waals surface area contributed by atoms with E-state index in [0.29, 0.717) is 0 Å². The molecule has 0 aliphatic heterocycles. The van der Waals surface area contributed by atoms with Gasteiger partial charge in [-0.25, -0.2) is 0 Å². The molecule has 0 aliphatic carbocycles. The SMILES string of the molecule is CCN(CC)CCCN(CC)C(=O)c1ccc(NC)cc1. The second kappa shape index (κ2) is 9.40. The van der Waals surface area contributed by atoms with E-state index in [-0.39, 0.29) is 5.91 Å². The smallest absolute Gasteiger partial charge is 0.253 e. The fourth-order valence-corrected chi connectivity index (χ4v) is 2.39. The van der Waals surface area contributed by atoms with E-state index in [0.717, 1.165) is 50.4 Å². The quantitative estimate of drug-likeness (QED) is 0.760. The number of anilines is 1. The summed E-state index contributed by atoms with van der Waals surface area (Å²) < 4.78 is 0. The van der Waals surface area contributed by atoms with Crippen molar-refractivity contribution in [3.05, 3.63) is 29.8 Å². The first-order chi connectivity index (χ1) is 10.2. The standard InChI is InChI=1S/C17H29N3O/c1-5-19(6-2)13-8-14-20(7-3)17(21)15-9-11-16(18-4)12-10-15/h9-12,18H,5-8,13-14H2,1-4H3. The van der Waals surface area contributed by atoms with Crippen LogP contribution in [0, 0.1) is 0 Å². The Morgan fingerprint density at radius 2 is 1.62 bits per heavy atom. The van der Waals surface area contributed by atoms with Crippen molar-refractivity contribution < 1.29 is 4.79 Å². The van der Waals surface area contributed by atoms with Gasteiger partial charge in [0.05, 0.1) is 0 Å². The minimum atomic E-state index is 0.125. The van der Waals surface area contributed by atoms with Crippen LogP contribution in [0.3, 0.4) is 0 Å². The van der Waals surface area contributed by atoms with Crippen molar-refractivity contribution in [2.24, 2.45) is 0 Å². The van der Waals surface area contributed by atoms with Gasteiger partial charge in [0, 0.05) is 31.4 Å². The third-order valence-electron chi connectivity index (χ3n) is 3.89. The molecular formula is C17H29N3O. The normalized spacial score (nSPS) is 10.7. The lowest BCUT2D eigenvalue weighted by molar-refractivity contribution is 0.0757. The van der Waals surface area contributed by atoms with Crippen molar-refractivity contribution in [2.45, 2.75) is 27.2 Å². The molecule has 4 nitrogen and oxygen atoms in total. The second-order valence-corrected chi connectivity index (χ2v) is 5.09. The molecule has 0 saturated heterocycles. The van der Waals surface area contributed by atoms with Gasteiger partial charge in [0.2, 0.25) is 0 Å². The Bertz CT molecular complexity index is 413. The zero-order valence-corrected chi connectivity index (χ0v) is 13.9. The van der Waals surface area contributed by atoms with E-state index in [2.05, 4.69) is 24.1 Å². The van der Waals surface area contributed by atoms with Crippen LogP contribution >= 0.6 is 0 Å². The first-order valence-corrected chi connectivity index (χ1v) is 7.95. The first kappa shape index (κ1) is 17.5. The highest BCUT2D eigenvalue weighted by Crippen LogP contribution is 2.11. The number of nitrogens with zero attached hydrogens (tertiary/aromatic N) is 2. The maximum Gasteiger partial charge on any atom is 0.253 e. The Labute approximate surface area is 129 Å². The first-order valence-electron chi connectivity index (χ1n) is 7.95. The summed E-state index contributed by atoms with van der Waals surface area (Å²) in [5.41, 5.74) is 1.79. The van der Waals surface area contributed by atoms with Crippen molar-refractivity contribution in [2.75, 3.05) is 45.1 Å². The fraction of sp³-hybridized carbons (Fsp3) is 0.588. The van der Waals surface area contributed by atoms with Crippen molar-refractivity contribution >= 4 is 11.6 Å². The van der Waals surface area contributed by atoms with Crippen LogP contribution in [0.5, 0.6) is 0 Å². The molecule has 118 valence electrons.